The molecule has 0 atom stereocenters. The molecule has 1 N–H and O–H groups in total. The van der Waals surface area contributed by atoms with Crippen molar-refractivity contribution in [3.63, 3.8) is 0 Å². The Labute approximate surface area is 120 Å². The van der Waals surface area contributed by atoms with Crippen molar-refractivity contribution in [3.8, 4) is 0 Å². The van der Waals surface area contributed by atoms with E-state index in [1.165, 1.54) is 10.5 Å². The number of rotatable bonds is 5. The third-order valence-electron chi connectivity index (χ3n) is 3.74. The molecule has 0 bridgehead atoms. The van der Waals surface area contributed by atoms with Gasteiger partial charge in [0.15, 0.2) is 0 Å². The first-order valence-corrected chi connectivity index (χ1v) is 6.80. The van der Waals surface area contributed by atoms with E-state index in [0.717, 1.165) is 11.1 Å². The molecule has 1 aromatic rings. The van der Waals surface area contributed by atoms with E-state index in [1.54, 1.807) is 20.8 Å². The number of amides is 1. The van der Waals surface area contributed by atoms with Crippen LogP contribution in [0, 0.1) is 13.8 Å². The van der Waals surface area contributed by atoms with Crippen LogP contribution >= 0.6 is 0 Å². The van der Waals surface area contributed by atoms with Crippen LogP contribution in [0.3, 0.4) is 0 Å². The number of nitrogens with zero attached hydrogens (tertiary/aromatic N) is 1. The van der Waals surface area contributed by atoms with Crippen molar-refractivity contribution in [2.24, 2.45) is 0 Å². The zero-order chi connectivity index (χ0) is 15.5. The summed E-state index contributed by atoms with van der Waals surface area (Å²) in [5.41, 5.74) is 2.04. The van der Waals surface area contributed by atoms with E-state index in [0.29, 0.717) is 6.54 Å². The molecule has 1 amide bonds. The minimum absolute atomic E-state index is 0.164. The number of aryl methyl sites for hydroxylation is 2. The lowest BCUT2D eigenvalue weighted by Crippen LogP contribution is -2.53. The molecule has 0 unspecified atom stereocenters. The maximum Gasteiger partial charge on any atom is 0.329 e. The SMILES string of the molecule is CCN(C(=O)Cc1ccc(C)c(C)c1)C(C)(C)C(=O)O. The van der Waals surface area contributed by atoms with E-state index in [1.807, 2.05) is 32.0 Å². The van der Waals surface area contributed by atoms with E-state index in [4.69, 9.17) is 0 Å². The number of likely N-dealkylation sites (N-methyl/N-ethyl adjacent to an activating group) is 1. The molecule has 4 nitrogen and oxygen atoms in total. The highest BCUT2D eigenvalue weighted by Crippen LogP contribution is 2.17. The molecule has 20 heavy (non-hydrogen) atoms. The summed E-state index contributed by atoms with van der Waals surface area (Å²) in [6, 6.07) is 5.88. The smallest absolute Gasteiger partial charge is 0.329 e. The molecule has 4 heteroatoms. The lowest BCUT2D eigenvalue weighted by molar-refractivity contribution is -0.156. The first-order valence-electron chi connectivity index (χ1n) is 6.80. The lowest BCUT2D eigenvalue weighted by Gasteiger charge is -2.34. The van der Waals surface area contributed by atoms with Crippen LogP contribution in [0.4, 0.5) is 0 Å². The van der Waals surface area contributed by atoms with E-state index < -0.39 is 11.5 Å². The highest BCUT2D eigenvalue weighted by molar-refractivity contribution is 5.87. The van der Waals surface area contributed by atoms with Crippen molar-refractivity contribution in [2.45, 2.75) is 46.6 Å². The van der Waals surface area contributed by atoms with Gasteiger partial charge in [0, 0.05) is 6.54 Å². The molecule has 110 valence electrons. The molecule has 0 spiro atoms. The topological polar surface area (TPSA) is 57.6 Å². The Morgan fingerprint density at radius 3 is 2.25 bits per heavy atom. The van der Waals surface area contributed by atoms with Crippen LogP contribution in [-0.2, 0) is 16.0 Å². The zero-order valence-corrected chi connectivity index (χ0v) is 12.9. The number of hydrogen-bond donors (Lipinski definition) is 1. The molecule has 0 heterocycles. The van der Waals surface area contributed by atoms with E-state index >= 15 is 0 Å². The number of aliphatic carboxylic acids is 1. The number of carboxylic acid groups (broad SMARTS) is 1. The van der Waals surface area contributed by atoms with E-state index in [2.05, 4.69) is 0 Å². The summed E-state index contributed by atoms with van der Waals surface area (Å²) in [5.74, 6) is -1.16. The third-order valence-corrected chi connectivity index (χ3v) is 3.74. The number of carboxylic acids is 1. The number of benzene rings is 1. The van der Waals surface area contributed by atoms with Crippen LogP contribution in [0.15, 0.2) is 18.2 Å². The summed E-state index contributed by atoms with van der Waals surface area (Å²) in [5, 5.41) is 9.24. The second kappa shape index (κ2) is 6.07. The standard InChI is InChI=1S/C16H23NO3/c1-6-17(16(4,5)15(19)20)14(18)10-13-8-7-11(2)12(3)9-13/h7-9H,6,10H2,1-5H3,(H,19,20). The van der Waals surface area contributed by atoms with Gasteiger partial charge in [-0.1, -0.05) is 18.2 Å². The highest BCUT2D eigenvalue weighted by atomic mass is 16.4. The van der Waals surface area contributed by atoms with Gasteiger partial charge in [0.25, 0.3) is 0 Å². The molecule has 0 aromatic heterocycles. The average molecular weight is 277 g/mol. The Bertz CT molecular complexity index is 520. The second-order valence-electron chi connectivity index (χ2n) is 5.60. The summed E-state index contributed by atoms with van der Waals surface area (Å²) in [7, 11) is 0. The average Bonchev–Trinajstić information content (AvgIpc) is 2.34. The maximum atomic E-state index is 12.4. The van der Waals surface area contributed by atoms with Crippen LogP contribution in [0.25, 0.3) is 0 Å². The van der Waals surface area contributed by atoms with Crippen LogP contribution in [0.1, 0.15) is 37.5 Å². The fraction of sp³-hybridized carbons (Fsp3) is 0.500. The molecule has 0 radical (unpaired) electrons. The zero-order valence-electron chi connectivity index (χ0n) is 12.9. The number of carbonyl (C=O) groups is 2. The Hall–Kier alpha value is -1.84. The largest absolute Gasteiger partial charge is 0.480 e. The molecule has 0 saturated carbocycles. The first kappa shape index (κ1) is 16.2. The van der Waals surface area contributed by atoms with Crippen molar-refractivity contribution in [1.29, 1.82) is 0 Å². The fourth-order valence-electron chi connectivity index (χ4n) is 2.18. The first-order chi connectivity index (χ1) is 9.20. The second-order valence-corrected chi connectivity index (χ2v) is 5.60. The van der Waals surface area contributed by atoms with Crippen LogP contribution < -0.4 is 0 Å². The van der Waals surface area contributed by atoms with Crippen LogP contribution in [0.2, 0.25) is 0 Å². The molecule has 0 aliphatic heterocycles. The van der Waals surface area contributed by atoms with E-state index in [9.17, 15) is 14.7 Å². The monoisotopic (exact) mass is 277 g/mol. The molecule has 0 aliphatic carbocycles. The molecule has 0 fully saturated rings. The van der Waals surface area contributed by atoms with Gasteiger partial charge in [-0.25, -0.2) is 4.79 Å². The number of hydrogen-bond acceptors (Lipinski definition) is 2. The minimum Gasteiger partial charge on any atom is -0.480 e. The lowest BCUT2D eigenvalue weighted by atomic mass is 10.00. The summed E-state index contributed by atoms with van der Waals surface area (Å²) in [4.78, 5) is 25.0. The van der Waals surface area contributed by atoms with Gasteiger partial charge in [-0.2, -0.15) is 0 Å². The summed E-state index contributed by atoms with van der Waals surface area (Å²) in [6.07, 6.45) is 0.228. The quantitative estimate of drug-likeness (QED) is 0.900. The van der Waals surface area contributed by atoms with Gasteiger partial charge in [0.1, 0.15) is 5.54 Å². The van der Waals surface area contributed by atoms with Crippen molar-refractivity contribution < 1.29 is 14.7 Å². The van der Waals surface area contributed by atoms with Crippen molar-refractivity contribution in [2.75, 3.05) is 6.54 Å². The fourth-order valence-corrected chi connectivity index (χ4v) is 2.18. The molecular weight excluding hydrogens is 254 g/mol. The molecular formula is C16H23NO3. The molecule has 0 saturated heterocycles. The van der Waals surface area contributed by atoms with Gasteiger partial charge < -0.3 is 10.0 Å². The molecule has 0 aliphatic rings. The van der Waals surface area contributed by atoms with Crippen molar-refractivity contribution in [1.82, 2.24) is 4.90 Å². The minimum atomic E-state index is -1.19. The highest BCUT2D eigenvalue weighted by Gasteiger charge is 2.36. The summed E-state index contributed by atoms with van der Waals surface area (Å²) < 4.78 is 0. The normalized spacial score (nSPS) is 11.2. The van der Waals surface area contributed by atoms with Gasteiger partial charge in [-0.15, -0.1) is 0 Å². The maximum absolute atomic E-state index is 12.4. The summed E-state index contributed by atoms with van der Waals surface area (Å²) >= 11 is 0. The van der Waals surface area contributed by atoms with Gasteiger partial charge in [0.05, 0.1) is 6.42 Å². The predicted molar refractivity (Wildman–Crippen MR) is 78.7 cm³/mol. The van der Waals surface area contributed by atoms with Gasteiger partial charge in [-0.3, -0.25) is 4.79 Å². The van der Waals surface area contributed by atoms with Gasteiger partial charge in [-0.05, 0) is 51.3 Å². The Morgan fingerprint density at radius 2 is 1.80 bits per heavy atom. The van der Waals surface area contributed by atoms with Crippen molar-refractivity contribution in [3.05, 3.63) is 34.9 Å². The Morgan fingerprint density at radius 1 is 1.20 bits per heavy atom. The number of carbonyl (C=O) groups excluding carboxylic acids is 1. The van der Waals surface area contributed by atoms with Gasteiger partial charge in [0.2, 0.25) is 5.91 Å². The third kappa shape index (κ3) is 3.38. The predicted octanol–water partition coefficient (Wildman–Crippen LogP) is 2.56. The molecule has 1 aromatic carbocycles. The van der Waals surface area contributed by atoms with Crippen LogP contribution in [-0.4, -0.2) is 34.0 Å². The van der Waals surface area contributed by atoms with Gasteiger partial charge >= 0.3 is 5.97 Å². The molecule has 1 rings (SSSR count). The van der Waals surface area contributed by atoms with Crippen molar-refractivity contribution >= 4 is 11.9 Å². The Balaban J connectivity index is 2.93. The van der Waals surface area contributed by atoms with Crippen LogP contribution in [0.5, 0.6) is 0 Å². The summed E-state index contributed by atoms with van der Waals surface area (Å²) in [6.45, 7) is 9.30. The Kier molecular flexibility index (Phi) is 4.93. The van der Waals surface area contributed by atoms with E-state index in [-0.39, 0.29) is 12.3 Å².